The molecule has 1 atom stereocenters. The molecule has 6 heteroatoms. The number of esters is 1. The zero-order valence-corrected chi connectivity index (χ0v) is 12.7. The van der Waals surface area contributed by atoms with Gasteiger partial charge < -0.3 is 19.9 Å². The molecule has 0 aromatic heterocycles. The van der Waals surface area contributed by atoms with Gasteiger partial charge >= 0.3 is 5.97 Å². The molecule has 0 saturated carbocycles. The summed E-state index contributed by atoms with van der Waals surface area (Å²) in [6.07, 6.45) is 0. The minimum Gasteiger partial charge on any atom is -0.483 e. The van der Waals surface area contributed by atoms with Gasteiger partial charge in [0, 0.05) is 0 Å². The Morgan fingerprint density at radius 3 is 2.29 bits per heavy atom. The average molecular weight is 295 g/mol. The SMILES string of the molecule is COC(=O)[C@H](CO)NC(=O)COc1c(C)cc(C)cc1C. The lowest BCUT2D eigenvalue weighted by molar-refractivity contribution is -0.146. The summed E-state index contributed by atoms with van der Waals surface area (Å²) < 4.78 is 9.96. The molecule has 0 aliphatic heterocycles. The van der Waals surface area contributed by atoms with Gasteiger partial charge in [-0.2, -0.15) is 0 Å². The number of aryl methyl sites for hydroxylation is 3. The van der Waals surface area contributed by atoms with Crippen LogP contribution in [0.3, 0.4) is 0 Å². The number of hydrogen-bond donors (Lipinski definition) is 2. The first-order chi connectivity index (χ1) is 9.88. The van der Waals surface area contributed by atoms with Crippen molar-refractivity contribution >= 4 is 11.9 Å². The van der Waals surface area contributed by atoms with E-state index in [2.05, 4.69) is 10.1 Å². The van der Waals surface area contributed by atoms with Crippen molar-refractivity contribution in [2.24, 2.45) is 0 Å². The van der Waals surface area contributed by atoms with Crippen molar-refractivity contribution < 1.29 is 24.2 Å². The Labute approximate surface area is 124 Å². The second kappa shape index (κ2) is 7.64. The van der Waals surface area contributed by atoms with Crippen molar-refractivity contribution in [2.45, 2.75) is 26.8 Å². The van der Waals surface area contributed by atoms with E-state index in [9.17, 15) is 9.59 Å². The standard InChI is InChI=1S/C15H21NO5/c1-9-5-10(2)14(11(3)6-9)21-8-13(18)16-12(7-17)15(19)20-4/h5-6,12,17H,7-8H2,1-4H3,(H,16,18)/t12-/m0/s1. The molecule has 6 nitrogen and oxygen atoms in total. The van der Waals surface area contributed by atoms with Crippen LogP contribution in [0.4, 0.5) is 0 Å². The van der Waals surface area contributed by atoms with E-state index in [1.807, 2.05) is 32.9 Å². The summed E-state index contributed by atoms with van der Waals surface area (Å²) in [5.41, 5.74) is 2.99. The van der Waals surface area contributed by atoms with E-state index in [1.165, 1.54) is 7.11 Å². The lowest BCUT2D eigenvalue weighted by atomic mass is 10.1. The molecule has 1 aromatic rings. The number of carbonyl (C=O) groups excluding carboxylic acids is 2. The van der Waals surface area contributed by atoms with E-state index in [4.69, 9.17) is 9.84 Å². The summed E-state index contributed by atoms with van der Waals surface area (Å²) in [6, 6.07) is 2.85. The molecule has 0 unspecified atom stereocenters. The lowest BCUT2D eigenvalue weighted by Crippen LogP contribution is -2.45. The van der Waals surface area contributed by atoms with Crippen LogP contribution in [0.1, 0.15) is 16.7 Å². The van der Waals surface area contributed by atoms with Crippen molar-refractivity contribution in [1.82, 2.24) is 5.32 Å². The minimum atomic E-state index is -1.08. The predicted octanol–water partition coefficient (Wildman–Crippen LogP) is 0.641. The fourth-order valence-electron chi connectivity index (χ4n) is 2.09. The first-order valence-electron chi connectivity index (χ1n) is 6.57. The highest BCUT2D eigenvalue weighted by Gasteiger charge is 2.20. The van der Waals surface area contributed by atoms with E-state index in [-0.39, 0.29) is 6.61 Å². The Hall–Kier alpha value is -2.08. The van der Waals surface area contributed by atoms with Crippen molar-refractivity contribution in [3.8, 4) is 5.75 Å². The highest BCUT2D eigenvalue weighted by atomic mass is 16.5. The van der Waals surface area contributed by atoms with Gasteiger partial charge in [-0.3, -0.25) is 4.79 Å². The lowest BCUT2D eigenvalue weighted by Gasteiger charge is -2.16. The largest absolute Gasteiger partial charge is 0.483 e. The Balaban J connectivity index is 2.63. The van der Waals surface area contributed by atoms with Crippen molar-refractivity contribution in [3.05, 3.63) is 28.8 Å². The van der Waals surface area contributed by atoms with Crippen LogP contribution in [0.5, 0.6) is 5.75 Å². The molecule has 0 radical (unpaired) electrons. The van der Waals surface area contributed by atoms with Gasteiger partial charge in [0.05, 0.1) is 13.7 Å². The van der Waals surface area contributed by atoms with E-state index in [0.29, 0.717) is 5.75 Å². The van der Waals surface area contributed by atoms with Crippen LogP contribution in [-0.4, -0.2) is 43.3 Å². The van der Waals surface area contributed by atoms with Gasteiger partial charge in [0.2, 0.25) is 0 Å². The molecule has 116 valence electrons. The van der Waals surface area contributed by atoms with Crippen LogP contribution >= 0.6 is 0 Å². The summed E-state index contributed by atoms with van der Waals surface area (Å²) >= 11 is 0. The zero-order valence-electron chi connectivity index (χ0n) is 12.7. The van der Waals surface area contributed by atoms with Gasteiger partial charge in [0.25, 0.3) is 5.91 Å². The molecule has 0 spiro atoms. The van der Waals surface area contributed by atoms with Gasteiger partial charge in [-0.25, -0.2) is 4.79 Å². The van der Waals surface area contributed by atoms with Gasteiger partial charge in [-0.1, -0.05) is 17.7 Å². The second-order valence-electron chi connectivity index (χ2n) is 4.84. The smallest absolute Gasteiger partial charge is 0.330 e. The maximum atomic E-state index is 11.7. The monoisotopic (exact) mass is 295 g/mol. The maximum Gasteiger partial charge on any atom is 0.330 e. The number of nitrogens with one attached hydrogen (secondary N) is 1. The molecule has 0 aliphatic rings. The van der Waals surface area contributed by atoms with E-state index >= 15 is 0 Å². The second-order valence-corrected chi connectivity index (χ2v) is 4.84. The van der Waals surface area contributed by atoms with E-state index < -0.39 is 24.5 Å². The predicted molar refractivity (Wildman–Crippen MR) is 77.2 cm³/mol. The van der Waals surface area contributed by atoms with E-state index in [1.54, 1.807) is 0 Å². The number of aliphatic hydroxyl groups excluding tert-OH is 1. The molecule has 1 amide bonds. The van der Waals surface area contributed by atoms with Gasteiger partial charge in [0.15, 0.2) is 12.6 Å². The number of ether oxygens (including phenoxy) is 2. The van der Waals surface area contributed by atoms with E-state index in [0.717, 1.165) is 16.7 Å². The third-order valence-electron chi connectivity index (χ3n) is 2.96. The number of hydrogen-bond acceptors (Lipinski definition) is 5. The molecule has 0 heterocycles. The van der Waals surface area contributed by atoms with Crippen molar-refractivity contribution in [1.29, 1.82) is 0 Å². The molecule has 0 bridgehead atoms. The Morgan fingerprint density at radius 1 is 1.24 bits per heavy atom. The molecule has 1 aromatic carbocycles. The first-order valence-corrected chi connectivity index (χ1v) is 6.57. The molecule has 0 saturated heterocycles. The zero-order chi connectivity index (χ0) is 16.0. The molecule has 0 fully saturated rings. The molecule has 1 rings (SSSR count). The van der Waals surface area contributed by atoms with Crippen LogP contribution in [0.2, 0.25) is 0 Å². The van der Waals surface area contributed by atoms with Crippen LogP contribution in [0.15, 0.2) is 12.1 Å². The number of rotatable bonds is 6. The summed E-state index contributed by atoms with van der Waals surface area (Å²) in [4.78, 5) is 23.0. The topological polar surface area (TPSA) is 84.9 Å². The summed E-state index contributed by atoms with van der Waals surface area (Å²) in [5, 5.41) is 11.4. The van der Waals surface area contributed by atoms with Gasteiger partial charge in [-0.15, -0.1) is 0 Å². The average Bonchev–Trinajstić information content (AvgIpc) is 2.42. The normalized spacial score (nSPS) is 11.7. The summed E-state index contributed by atoms with van der Waals surface area (Å²) in [5.74, 6) is -0.554. The maximum absolute atomic E-state index is 11.7. The highest BCUT2D eigenvalue weighted by Crippen LogP contribution is 2.24. The highest BCUT2D eigenvalue weighted by molar-refractivity contribution is 5.85. The van der Waals surface area contributed by atoms with Crippen LogP contribution in [0, 0.1) is 20.8 Å². The Morgan fingerprint density at radius 2 is 1.81 bits per heavy atom. The summed E-state index contributed by atoms with van der Waals surface area (Å²) in [6.45, 7) is 5.02. The molecule has 0 aliphatic carbocycles. The molecule has 21 heavy (non-hydrogen) atoms. The fraction of sp³-hybridized carbons (Fsp3) is 0.467. The first kappa shape index (κ1) is 17.0. The van der Waals surface area contributed by atoms with Crippen LogP contribution < -0.4 is 10.1 Å². The molecule has 2 N–H and O–H groups in total. The fourth-order valence-corrected chi connectivity index (χ4v) is 2.09. The molecular weight excluding hydrogens is 274 g/mol. The number of methoxy groups -OCH3 is 1. The summed E-state index contributed by atoms with van der Waals surface area (Å²) in [7, 11) is 1.19. The molecular formula is C15H21NO5. The van der Waals surface area contributed by atoms with Gasteiger partial charge in [-0.05, 0) is 31.9 Å². The van der Waals surface area contributed by atoms with Crippen molar-refractivity contribution in [2.75, 3.05) is 20.3 Å². The number of amides is 1. The number of aliphatic hydroxyl groups is 1. The third-order valence-corrected chi connectivity index (χ3v) is 2.96. The van der Waals surface area contributed by atoms with Gasteiger partial charge in [0.1, 0.15) is 5.75 Å². The van der Waals surface area contributed by atoms with Crippen LogP contribution in [0.25, 0.3) is 0 Å². The van der Waals surface area contributed by atoms with Crippen molar-refractivity contribution in [3.63, 3.8) is 0 Å². The number of benzene rings is 1. The quantitative estimate of drug-likeness (QED) is 0.752. The minimum absolute atomic E-state index is 0.238. The number of carbonyl (C=O) groups is 2. The third kappa shape index (κ3) is 4.75. The Bertz CT molecular complexity index is 504. The Kier molecular flexibility index (Phi) is 6.17. The van der Waals surface area contributed by atoms with Crippen LogP contribution in [-0.2, 0) is 14.3 Å².